The molecular weight excluding hydrogens is 116 g/mol. The molecular formula is C7H14O2. The van der Waals surface area contributed by atoms with E-state index < -0.39 is 0 Å². The van der Waals surface area contributed by atoms with Gasteiger partial charge in [-0.1, -0.05) is 6.92 Å². The van der Waals surface area contributed by atoms with E-state index in [-0.39, 0.29) is 0 Å². The van der Waals surface area contributed by atoms with Crippen LogP contribution in [0.1, 0.15) is 6.92 Å². The Bertz CT molecular complexity index is 79.0. The summed E-state index contributed by atoms with van der Waals surface area (Å²) in [6.07, 6.45) is 0. The molecule has 1 aliphatic heterocycles. The van der Waals surface area contributed by atoms with Gasteiger partial charge in [-0.05, 0) is 5.92 Å². The Labute approximate surface area is 56.2 Å². The lowest BCUT2D eigenvalue weighted by Gasteiger charge is -2.30. The first-order valence-electron chi connectivity index (χ1n) is 3.41. The zero-order valence-electron chi connectivity index (χ0n) is 6.09. The quantitative estimate of drug-likeness (QED) is 0.565. The van der Waals surface area contributed by atoms with Crippen molar-refractivity contribution >= 4 is 0 Å². The van der Waals surface area contributed by atoms with Crippen LogP contribution in [-0.4, -0.2) is 26.9 Å². The first kappa shape index (κ1) is 7.03. The number of ether oxygens (including phenoxy) is 2. The van der Waals surface area contributed by atoms with Crippen LogP contribution in [0, 0.1) is 11.8 Å². The second-order valence-electron chi connectivity index (χ2n) is 2.73. The zero-order chi connectivity index (χ0) is 6.69. The van der Waals surface area contributed by atoms with Crippen molar-refractivity contribution in [3.8, 4) is 0 Å². The lowest BCUT2D eigenvalue weighted by molar-refractivity contribution is -0.0699. The molecule has 0 radical (unpaired) electrons. The summed E-state index contributed by atoms with van der Waals surface area (Å²) in [5.41, 5.74) is 0. The van der Waals surface area contributed by atoms with Gasteiger partial charge in [0.2, 0.25) is 0 Å². The molecule has 0 saturated carbocycles. The highest BCUT2D eigenvalue weighted by molar-refractivity contribution is 4.70. The van der Waals surface area contributed by atoms with Crippen molar-refractivity contribution in [3.63, 3.8) is 0 Å². The van der Waals surface area contributed by atoms with Gasteiger partial charge in [0.25, 0.3) is 0 Å². The first-order valence-corrected chi connectivity index (χ1v) is 3.41. The van der Waals surface area contributed by atoms with Gasteiger partial charge < -0.3 is 9.47 Å². The van der Waals surface area contributed by atoms with E-state index in [0.717, 1.165) is 25.7 Å². The smallest absolute Gasteiger partial charge is 0.0519 e. The number of hydrogen-bond acceptors (Lipinski definition) is 2. The van der Waals surface area contributed by atoms with E-state index in [4.69, 9.17) is 9.47 Å². The van der Waals surface area contributed by atoms with Crippen LogP contribution in [0.25, 0.3) is 0 Å². The fourth-order valence-corrected chi connectivity index (χ4v) is 0.981. The van der Waals surface area contributed by atoms with E-state index in [1.54, 1.807) is 7.11 Å². The van der Waals surface area contributed by atoms with Crippen molar-refractivity contribution in [1.29, 1.82) is 0 Å². The van der Waals surface area contributed by atoms with E-state index in [0.29, 0.717) is 5.92 Å². The summed E-state index contributed by atoms with van der Waals surface area (Å²) in [6.45, 7) is 4.94. The maximum Gasteiger partial charge on any atom is 0.0519 e. The van der Waals surface area contributed by atoms with E-state index in [9.17, 15) is 0 Å². The molecule has 1 atom stereocenters. The summed E-state index contributed by atoms with van der Waals surface area (Å²) in [4.78, 5) is 0. The lowest BCUT2D eigenvalue weighted by atomic mass is 9.93. The molecule has 1 aliphatic rings. The summed E-state index contributed by atoms with van der Waals surface area (Å²) in [7, 11) is 1.75. The van der Waals surface area contributed by atoms with E-state index >= 15 is 0 Å². The van der Waals surface area contributed by atoms with Crippen LogP contribution in [0.15, 0.2) is 0 Å². The van der Waals surface area contributed by atoms with Crippen molar-refractivity contribution in [3.05, 3.63) is 0 Å². The van der Waals surface area contributed by atoms with Crippen molar-refractivity contribution < 1.29 is 9.47 Å². The van der Waals surface area contributed by atoms with Crippen LogP contribution in [0.2, 0.25) is 0 Å². The summed E-state index contributed by atoms with van der Waals surface area (Å²) in [5.74, 6) is 1.42. The normalized spacial score (nSPS) is 23.3. The molecule has 1 rings (SSSR count). The molecule has 1 unspecified atom stereocenters. The van der Waals surface area contributed by atoms with Crippen LogP contribution < -0.4 is 0 Å². The SMILES string of the molecule is COCC(C)C1COC1. The molecule has 0 aromatic rings. The molecule has 2 heteroatoms. The zero-order valence-corrected chi connectivity index (χ0v) is 6.09. The highest BCUT2D eigenvalue weighted by Gasteiger charge is 2.24. The standard InChI is InChI=1S/C7H14O2/c1-6(3-8-2)7-4-9-5-7/h6-7H,3-5H2,1-2H3. The Morgan fingerprint density at radius 2 is 2.33 bits per heavy atom. The summed E-state index contributed by atoms with van der Waals surface area (Å²) in [6, 6.07) is 0. The molecule has 2 nitrogen and oxygen atoms in total. The first-order chi connectivity index (χ1) is 4.34. The number of rotatable bonds is 3. The van der Waals surface area contributed by atoms with E-state index in [1.807, 2.05) is 0 Å². The van der Waals surface area contributed by atoms with Gasteiger partial charge in [0, 0.05) is 19.6 Å². The van der Waals surface area contributed by atoms with Gasteiger partial charge in [-0.15, -0.1) is 0 Å². The van der Waals surface area contributed by atoms with Crippen LogP contribution in [-0.2, 0) is 9.47 Å². The third kappa shape index (κ3) is 1.66. The fourth-order valence-electron chi connectivity index (χ4n) is 0.981. The molecule has 1 fully saturated rings. The fraction of sp³-hybridized carbons (Fsp3) is 1.00. The highest BCUT2D eigenvalue weighted by atomic mass is 16.5. The molecule has 0 amide bonds. The Balaban J connectivity index is 2.08. The van der Waals surface area contributed by atoms with Gasteiger partial charge in [-0.25, -0.2) is 0 Å². The maximum atomic E-state index is 5.05. The number of hydrogen-bond donors (Lipinski definition) is 0. The largest absolute Gasteiger partial charge is 0.384 e. The Hall–Kier alpha value is -0.0800. The molecule has 0 aliphatic carbocycles. The van der Waals surface area contributed by atoms with Gasteiger partial charge in [0.15, 0.2) is 0 Å². The number of methoxy groups -OCH3 is 1. The Kier molecular flexibility index (Phi) is 2.49. The second kappa shape index (κ2) is 3.18. The highest BCUT2D eigenvalue weighted by Crippen LogP contribution is 2.19. The molecule has 0 spiro atoms. The van der Waals surface area contributed by atoms with Crippen LogP contribution in [0.3, 0.4) is 0 Å². The van der Waals surface area contributed by atoms with Crippen LogP contribution in [0.5, 0.6) is 0 Å². The molecule has 0 aromatic carbocycles. The average molecular weight is 130 g/mol. The average Bonchev–Trinajstić information content (AvgIpc) is 1.60. The van der Waals surface area contributed by atoms with E-state index in [1.165, 1.54) is 0 Å². The molecule has 0 bridgehead atoms. The van der Waals surface area contributed by atoms with Gasteiger partial charge in [0.05, 0.1) is 13.2 Å². The molecule has 0 N–H and O–H groups in total. The van der Waals surface area contributed by atoms with Crippen LogP contribution in [0.4, 0.5) is 0 Å². The van der Waals surface area contributed by atoms with Crippen molar-refractivity contribution in [1.82, 2.24) is 0 Å². The maximum absolute atomic E-state index is 5.05. The third-order valence-electron chi connectivity index (χ3n) is 1.90. The predicted molar refractivity (Wildman–Crippen MR) is 35.3 cm³/mol. The van der Waals surface area contributed by atoms with Crippen molar-refractivity contribution in [2.24, 2.45) is 11.8 Å². The second-order valence-corrected chi connectivity index (χ2v) is 2.73. The molecule has 0 aromatic heterocycles. The Morgan fingerprint density at radius 1 is 1.67 bits per heavy atom. The van der Waals surface area contributed by atoms with Gasteiger partial charge in [-0.2, -0.15) is 0 Å². The molecule has 54 valence electrons. The van der Waals surface area contributed by atoms with Gasteiger partial charge in [-0.3, -0.25) is 0 Å². The van der Waals surface area contributed by atoms with Gasteiger partial charge in [0.1, 0.15) is 0 Å². The summed E-state index contributed by atoms with van der Waals surface area (Å²) < 4.78 is 10.1. The van der Waals surface area contributed by atoms with Crippen LogP contribution >= 0.6 is 0 Å². The summed E-state index contributed by atoms with van der Waals surface area (Å²) >= 11 is 0. The third-order valence-corrected chi connectivity index (χ3v) is 1.90. The topological polar surface area (TPSA) is 18.5 Å². The molecule has 1 saturated heterocycles. The minimum Gasteiger partial charge on any atom is -0.384 e. The lowest BCUT2D eigenvalue weighted by Crippen LogP contribution is -2.34. The Morgan fingerprint density at radius 3 is 2.67 bits per heavy atom. The minimum absolute atomic E-state index is 0.670. The van der Waals surface area contributed by atoms with Gasteiger partial charge >= 0.3 is 0 Å². The monoisotopic (exact) mass is 130 g/mol. The van der Waals surface area contributed by atoms with Crippen molar-refractivity contribution in [2.75, 3.05) is 26.9 Å². The summed E-state index contributed by atoms with van der Waals surface area (Å²) in [5, 5.41) is 0. The molecule has 1 heterocycles. The van der Waals surface area contributed by atoms with E-state index in [2.05, 4.69) is 6.92 Å². The predicted octanol–water partition coefficient (Wildman–Crippen LogP) is 0.915. The minimum atomic E-state index is 0.670. The molecule has 9 heavy (non-hydrogen) atoms. The van der Waals surface area contributed by atoms with Crippen molar-refractivity contribution in [2.45, 2.75) is 6.92 Å².